The minimum Gasteiger partial charge on any atom is -0.345 e. The molecule has 36 heavy (non-hydrogen) atoms. The van der Waals surface area contributed by atoms with E-state index in [4.69, 9.17) is 0 Å². The fourth-order valence-electron chi connectivity index (χ4n) is 4.59. The van der Waals surface area contributed by atoms with Crippen LogP contribution in [-0.2, 0) is 13.2 Å². The summed E-state index contributed by atoms with van der Waals surface area (Å²) in [6, 6.07) is 8.43. The van der Waals surface area contributed by atoms with Crippen LogP contribution in [0.2, 0.25) is 0 Å². The van der Waals surface area contributed by atoms with Gasteiger partial charge in [0.05, 0.1) is 40.9 Å². The lowest BCUT2D eigenvalue weighted by Crippen LogP contribution is -2.30. The normalized spacial score (nSPS) is 15.8. The van der Waals surface area contributed by atoms with Crippen LogP contribution in [0.1, 0.15) is 38.9 Å². The number of benzene rings is 2. The molecule has 0 bridgehead atoms. The number of anilines is 1. The van der Waals surface area contributed by atoms with Gasteiger partial charge in [0.2, 0.25) is 0 Å². The summed E-state index contributed by atoms with van der Waals surface area (Å²) in [7, 11) is 1.70. The van der Waals surface area contributed by atoms with Gasteiger partial charge in [-0.3, -0.25) is 14.4 Å². The van der Waals surface area contributed by atoms with Gasteiger partial charge in [0.15, 0.2) is 5.69 Å². The highest BCUT2D eigenvalue weighted by molar-refractivity contribution is 6.11. The first-order chi connectivity index (χ1) is 17.1. The van der Waals surface area contributed by atoms with Gasteiger partial charge in [0.25, 0.3) is 5.91 Å². The van der Waals surface area contributed by atoms with Crippen molar-refractivity contribution in [2.75, 3.05) is 4.90 Å². The largest absolute Gasteiger partial charge is 0.419 e. The highest BCUT2D eigenvalue weighted by atomic mass is 19.4. The number of alkyl halides is 3. The first-order valence-corrected chi connectivity index (χ1v) is 10.9. The summed E-state index contributed by atoms with van der Waals surface area (Å²) in [5.41, 5.74) is 2.74. The Morgan fingerprint density at radius 3 is 2.58 bits per heavy atom. The lowest BCUT2D eigenvalue weighted by molar-refractivity contribution is -0.137. The number of halogens is 4. The Labute approximate surface area is 200 Å². The number of rotatable bonds is 3. The van der Waals surface area contributed by atoms with E-state index in [-0.39, 0.29) is 22.9 Å². The zero-order chi connectivity index (χ0) is 25.4. The van der Waals surface area contributed by atoms with Crippen molar-refractivity contribution in [2.45, 2.75) is 19.1 Å². The molecular weight excluding hydrogens is 478 g/mol. The molecule has 0 fully saturated rings. The van der Waals surface area contributed by atoms with Gasteiger partial charge in [0, 0.05) is 35.8 Å². The topological polar surface area (TPSA) is 84.6 Å². The summed E-state index contributed by atoms with van der Waals surface area (Å²) in [5, 5.41) is 8.07. The van der Waals surface area contributed by atoms with Crippen molar-refractivity contribution in [2.24, 2.45) is 7.05 Å². The van der Waals surface area contributed by atoms with Gasteiger partial charge < -0.3 is 4.98 Å². The van der Waals surface area contributed by atoms with E-state index in [1.54, 1.807) is 36.9 Å². The Balaban J connectivity index is 1.48. The Hall–Kier alpha value is -4.48. The van der Waals surface area contributed by atoms with Gasteiger partial charge in [-0.2, -0.15) is 23.4 Å². The van der Waals surface area contributed by atoms with Crippen LogP contribution in [-0.4, -0.2) is 35.4 Å². The number of imidazole rings is 1. The lowest BCUT2D eigenvalue weighted by Gasteiger charge is -2.27. The molecule has 1 unspecified atom stereocenters. The van der Waals surface area contributed by atoms with Crippen molar-refractivity contribution in [1.82, 2.24) is 29.5 Å². The van der Waals surface area contributed by atoms with E-state index in [1.165, 1.54) is 23.4 Å². The van der Waals surface area contributed by atoms with E-state index in [0.29, 0.717) is 28.7 Å². The highest BCUT2D eigenvalue weighted by Gasteiger charge is 2.44. The molecule has 2 aromatic carbocycles. The van der Waals surface area contributed by atoms with Crippen LogP contribution in [0.4, 0.5) is 23.2 Å². The van der Waals surface area contributed by atoms with E-state index < -0.39 is 23.6 Å². The van der Waals surface area contributed by atoms with Gasteiger partial charge >= 0.3 is 6.18 Å². The molecule has 1 aliphatic rings. The quantitative estimate of drug-likeness (QED) is 0.368. The molecule has 0 saturated heterocycles. The van der Waals surface area contributed by atoms with Crippen molar-refractivity contribution < 1.29 is 22.4 Å². The van der Waals surface area contributed by atoms with E-state index in [9.17, 15) is 18.0 Å². The van der Waals surface area contributed by atoms with Gasteiger partial charge in [-0.15, -0.1) is 0 Å². The van der Waals surface area contributed by atoms with Crippen molar-refractivity contribution >= 4 is 22.6 Å². The summed E-state index contributed by atoms with van der Waals surface area (Å²) in [4.78, 5) is 22.2. The molecule has 1 aliphatic heterocycles. The van der Waals surface area contributed by atoms with Crippen molar-refractivity contribution in [3.05, 3.63) is 89.0 Å². The van der Waals surface area contributed by atoms with E-state index in [1.807, 2.05) is 0 Å². The van der Waals surface area contributed by atoms with Gasteiger partial charge in [0.1, 0.15) is 5.82 Å². The maximum Gasteiger partial charge on any atom is 0.419 e. The fraction of sp³-hybridized carbons (Fsp3) is 0.167. The van der Waals surface area contributed by atoms with Gasteiger partial charge in [-0.05, 0) is 37.3 Å². The number of nitrogens with zero attached hydrogens (tertiary/aromatic N) is 6. The molecule has 5 aromatic rings. The number of amides is 1. The SMILES string of the molecule is Cc1c2c(nn1C)C(=O)N(c1ccc3[nH]cnc3c1)C2c1ccc(-n2cc(C(F)(F)F)cn2)cc1F. The molecule has 0 saturated carbocycles. The first kappa shape index (κ1) is 22.0. The molecular formula is C24H17F4N7O. The van der Waals surface area contributed by atoms with Crippen LogP contribution >= 0.6 is 0 Å². The minimum absolute atomic E-state index is 0.115. The third kappa shape index (κ3) is 3.21. The van der Waals surface area contributed by atoms with Crippen molar-refractivity contribution in [3.63, 3.8) is 0 Å². The third-order valence-electron chi connectivity index (χ3n) is 6.47. The minimum atomic E-state index is -4.56. The number of aromatic amines is 1. The Kier molecular flexibility index (Phi) is 4.59. The standard InChI is InChI=1S/C24H17F4N7O/c1-12-20-21(32-33(12)2)23(36)35(15-4-6-18-19(8-15)30-11-29-18)22(20)16-5-3-14(7-17(16)25)34-10-13(9-31-34)24(26,27)28/h3-11,22H,1-2H3,(H,29,30). The lowest BCUT2D eigenvalue weighted by atomic mass is 9.97. The summed E-state index contributed by atoms with van der Waals surface area (Å²) < 4.78 is 57.1. The van der Waals surface area contributed by atoms with Gasteiger partial charge in [-0.25, -0.2) is 14.1 Å². The number of aromatic nitrogens is 6. The number of fused-ring (bicyclic) bond motifs is 2. The van der Waals surface area contributed by atoms with E-state index in [0.717, 1.165) is 22.5 Å². The van der Waals surface area contributed by atoms with Crippen LogP contribution in [0.3, 0.4) is 0 Å². The van der Waals surface area contributed by atoms with Crippen LogP contribution in [0.15, 0.2) is 55.1 Å². The molecule has 1 atom stereocenters. The van der Waals surface area contributed by atoms with Crippen LogP contribution in [0, 0.1) is 12.7 Å². The number of hydrogen-bond donors (Lipinski definition) is 1. The number of H-pyrrole nitrogens is 1. The van der Waals surface area contributed by atoms with Crippen LogP contribution in [0.25, 0.3) is 16.7 Å². The molecule has 0 spiro atoms. The average molecular weight is 495 g/mol. The molecule has 6 rings (SSSR count). The van der Waals surface area contributed by atoms with Gasteiger partial charge in [-0.1, -0.05) is 6.07 Å². The zero-order valence-electron chi connectivity index (χ0n) is 18.9. The third-order valence-corrected chi connectivity index (χ3v) is 6.47. The zero-order valence-corrected chi connectivity index (χ0v) is 18.9. The molecule has 0 radical (unpaired) electrons. The monoisotopic (exact) mass is 495 g/mol. The molecule has 1 N–H and O–H groups in total. The van der Waals surface area contributed by atoms with E-state index >= 15 is 4.39 Å². The molecule has 1 amide bonds. The molecule has 12 heteroatoms. The number of carbonyl (C=O) groups is 1. The smallest absolute Gasteiger partial charge is 0.345 e. The summed E-state index contributed by atoms with van der Waals surface area (Å²) >= 11 is 0. The number of carbonyl (C=O) groups excluding carboxylic acids is 1. The maximum absolute atomic E-state index is 15.6. The molecule has 182 valence electrons. The molecule has 8 nitrogen and oxygen atoms in total. The highest BCUT2D eigenvalue weighted by Crippen LogP contribution is 2.44. The number of hydrogen-bond acceptors (Lipinski definition) is 4. The summed E-state index contributed by atoms with van der Waals surface area (Å²) in [6.45, 7) is 1.79. The Bertz CT molecular complexity index is 1660. The predicted octanol–water partition coefficient (Wildman–Crippen LogP) is 4.70. The van der Waals surface area contributed by atoms with E-state index in [2.05, 4.69) is 20.2 Å². The second kappa shape index (κ2) is 7.51. The maximum atomic E-state index is 15.6. The number of nitrogens with one attached hydrogen (secondary N) is 1. The predicted molar refractivity (Wildman–Crippen MR) is 121 cm³/mol. The summed E-state index contributed by atoms with van der Waals surface area (Å²) in [6.07, 6.45) is -1.55. The Morgan fingerprint density at radius 2 is 1.86 bits per heavy atom. The van der Waals surface area contributed by atoms with Crippen molar-refractivity contribution in [1.29, 1.82) is 0 Å². The fourth-order valence-corrected chi connectivity index (χ4v) is 4.59. The van der Waals surface area contributed by atoms with Crippen LogP contribution in [0.5, 0.6) is 0 Å². The Morgan fingerprint density at radius 1 is 1.08 bits per heavy atom. The molecule has 3 aromatic heterocycles. The summed E-state index contributed by atoms with van der Waals surface area (Å²) in [5.74, 6) is -1.09. The first-order valence-electron chi connectivity index (χ1n) is 10.9. The second-order valence-electron chi connectivity index (χ2n) is 8.53. The molecule has 4 heterocycles. The second-order valence-corrected chi connectivity index (χ2v) is 8.53. The molecule has 0 aliphatic carbocycles. The number of aryl methyl sites for hydroxylation is 1. The van der Waals surface area contributed by atoms with Crippen LogP contribution < -0.4 is 4.90 Å². The average Bonchev–Trinajstić information content (AvgIpc) is 3.60. The van der Waals surface area contributed by atoms with Crippen molar-refractivity contribution in [3.8, 4) is 5.69 Å².